The fraction of sp³-hybridized carbons (Fsp3) is 0.154. The summed E-state index contributed by atoms with van der Waals surface area (Å²) in [5.41, 5.74) is 6.84. The summed E-state index contributed by atoms with van der Waals surface area (Å²) >= 11 is 8.62. The van der Waals surface area contributed by atoms with Crippen LogP contribution < -0.4 is 11.1 Å². The van der Waals surface area contributed by atoms with Crippen LogP contribution in [-0.4, -0.2) is 5.91 Å². The van der Waals surface area contributed by atoms with Gasteiger partial charge in [-0.25, -0.2) is 0 Å². The Balaban J connectivity index is 1.92. The third-order valence-corrected chi connectivity index (χ3v) is 5.79. The lowest BCUT2D eigenvalue weighted by molar-refractivity contribution is 0.1000. The van der Waals surface area contributed by atoms with Crippen molar-refractivity contribution in [2.45, 2.75) is 13.1 Å². The van der Waals surface area contributed by atoms with Gasteiger partial charge < -0.3 is 11.1 Å². The maximum Gasteiger partial charge on any atom is 0.248 e. The number of nitrogens with two attached hydrogens (primary N) is 1. The van der Waals surface area contributed by atoms with Gasteiger partial charge in [-0.2, -0.15) is 0 Å². The molecule has 0 bridgehead atoms. The first kappa shape index (κ1) is 14.7. The van der Waals surface area contributed by atoms with E-state index in [2.05, 4.69) is 43.2 Å². The molecular weight excluding hydrogens is 392 g/mol. The first-order valence-corrected chi connectivity index (χ1v) is 7.99. The van der Waals surface area contributed by atoms with Gasteiger partial charge in [0.15, 0.2) is 0 Å². The fourth-order valence-electron chi connectivity index (χ4n) is 1.64. The lowest BCUT2D eigenvalue weighted by Crippen LogP contribution is -2.14. The van der Waals surface area contributed by atoms with Crippen molar-refractivity contribution >= 4 is 49.1 Å². The van der Waals surface area contributed by atoms with Gasteiger partial charge in [0, 0.05) is 28.0 Å². The highest BCUT2D eigenvalue weighted by atomic mass is 79.9. The smallest absolute Gasteiger partial charge is 0.248 e. The molecule has 0 saturated heterocycles. The number of hydrogen-bond acceptors (Lipinski definition) is 3. The molecule has 2 aromatic rings. The predicted octanol–water partition coefficient (Wildman–Crippen LogP) is 3.66. The number of nitrogens with one attached hydrogen (secondary N) is 1. The quantitative estimate of drug-likeness (QED) is 0.800. The summed E-state index contributed by atoms with van der Waals surface area (Å²) in [6, 6.07) is 9.44. The van der Waals surface area contributed by atoms with Gasteiger partial charge in [-0.3, -0.25) is 4.79 Å². The lowest BCUT2D eigenvalue weighted by atomic mass is 10.1. The molecule has 0 aliphatic heterocycles. The zero-order valence-electron chi connectivity index (χ0n) is 9.95. The number of rotatable bonds is 5. The van der Waals surface area contributed by atoms with Crippen molar-refractivity contribution < 1.29 is 4.79 Å². The van der Waals surface area contributed by atoms with E-state index in [1.54, 1.807) is 17.4 Å². The van der Waals surface area contributed by atoms with Crippen molar-refractivity contribution in [3.05, 3.63) is 54.6 Å². The lowest BCUT2D eigenvalue weighted by Gasteiger charge is -2.04. The van der Waals surface area contributed by atoms with E-state index in [0.29, 0.717) is 12.1 Å². The Kier molecular flexibility index (Phi) is 5.15. The molecule has 100 valence electrons. The summed E-state index contributed by atoms with van der Waals surface area (Å²) in [5.74, 6) is -0.395. The summed E-state index contributed by atoms with van der Waals surface area (Å²) < 4.78 is 2.17. The Labute approximate surface area is 132 Å². The Morgan fingerprint density at radius 2 is 2.05 bits per heavy atom. The Hall–Kier alpha value is -0.690. The summed E-state index contributed by atoms with van der Waals surface area (Å²) in [4.78, 5) is 12.3. The van der Waals surface area contributed by atoms with Crippen LogP contribution in [0.4, 0.5) is 0 Å². The maximum absolute atomic E-state index is 11.1. The third kappa shape index (κ3) is 4.14. The number of benzene rings is 1. The fourth-order valence-corrected chi connectivity index (χ4v) is 3.79. The van der Waals surface area contributed by atoms with E-state index in [-0.39, 0.29) is 0 Å². The van der Waals surface area contributed by atoms with Gasteiger partial charge >= 0.3 is 0 Å². The number of thiophene rings is 1. The van der Waals surface area contributed by atoms with Crippen molar-refractivity contribution in [2.24, 2.45) is 5.73 Å². The van der Waals surface area contributed by atoms with Gasteiger partial charge in [-0.05, 0) is 55.6 Å². The molecule has 0 atom stereocenters. The van der Waals surface area contributed by atoms with Crippen LogP contribution in [0.25, 0.3) is 0 Å². The van der Waals surface area contributed by atoms with Gasteiger partial charge in [0.1, 0.15) is 0 Å². The molecule has 3 N–H and O–H groups in total. The van der Waals surface area contributed by atoms with Gasteiger partial charge in [0.05, 0.1) is 3.79 Å². The number of carbonyl (C=O) groups is 1. The van der Waals surface area contributed by atoms with E-state index in [9.17, 15) is 4.79 Å². The predicted molar refractivity (Wildman–Crippen MR) is 85.2 cm³/mol. The third-order valence-electron chi connectivity index (χ3n) is 2.54. The number of amides is 1. The average Bonchev–Trinajstić information content (AvgIpc) is 2.69. The molecule has 1 heterocycles. The molecule has 0 aliphatic rings. The average molecular weight is 404 g/mol. The number of halogens is 2. The van der Waals surface area contributed by atoms with Crippen molar-refractivity contribution in [3.63, 3.8) is 0 Å². The van der Waals surface area contributed by atoms with Crippen molar-refractivity contribution in [1.82, 2.24) is 5.32 Å². The van der Waals surface area contributed by atoms with Crippen LogP contribution in [-0.2, 0) is 13.1 Å². The van der Waals surface area contributed by atoms with Crippen LogP contribution in [0.2, 0.25) is 0 Å². The summed E-state index contributed by atoms with van der Waals surface area (Å²) in [5, 5.41) is 3.34. The SMILES string of the molecule is NC(=O)c1cccc(CNCc2cc(Br)c(Br)s2)c1. The van der Waals surface area contributed by atoms with E-state index < -0.39 is 5.91 Å². The van der Waals surface area contributed by atoms with Crippen LogP contribution >= 0.6 is 43.2 Å². The van der Waals surface area contributed by atoms with E-state index >= 15 is 0 Å². The van der Waals surface area contributed by atoms with Crippen molar-refractivity contribution in [3.8, 4) is 0 Å². The Morgan fingerprint density at radius 3 is 2.68 bits per heavy atom. The summed E-state index contributed by atoms with van der Waals surface area (Å²) in [6.45, 7) is 1.49. The van der Waals surface area contributed by atoms with Gasteiger partial charge in [-0.15, -0.1) is 11.3 Å². The van der Waals surface area contributed by atoms with Gasteiger partial charge in [0.2, 0.25) is 5.91 Å². The minimum Gasteiger partial charge on any atom is -0.366 e. The van der Waals surface area contributed by atoms with Crippen molar-refractivity contribution in [2.75, 3.05) is 0 Å². The van der Waals surface area contributed by atoms with E-state index in [4.69, 9.17) is 5.73 Å². The van der Waals surface area contributed by atoms with E-state index in [0.717, 1.165) is 20.4 Å². The normalized spacial score (nSPS) is 10.6. The van der Waals surface area contributed by atoms with Crippen LogP contribution in [0.15, 0.2) is 38.6 Å². The highest BCUT2D eigenvalue weighted by Crippen LogP contribution is 2.32. The zero-order chi connectivity index (χ0) is 13.8. The molecule has 3 nitrogen and oxygen atoms in total. The first-order valence-electron chi connectivity index (χ1n) is 5.59. The first-order chi connectivity index (χ1) is 9.06. The molecular formula is C13H12Br2N2OS. The molecule has 0 saturated carbocycles. The number of hydrogen-bond donors (Lipinski definition) is 2. The monoisotopic (exact) mass is 402 g/mol. The molecule has 0 spiro atoms. The topological polar surface area (TPSA) is 55.1 Å². The van der Waals surface area contributed by atoms with Crippen molar-refractivity contribution in [1.29, 1.82) is 0 Å². The second-order valence-electron chi connectivity index (χ2n) is 4.00. The summed E-state index contributed by atoms with van der Waals surface area (Å²) in [7, 11) is 0. The summed E-state index contributed by atoms with van der Waals surface area (Å²) in [6.07, 6.45) is 0. The molecule has 1 aromatic heterocycles. The minimum atomic E-state index is -0.395. The van der Waals surface area contributed by atoms with Gasteiger partial charge in [-0.1, -0.05) is 12.1 Å². The molecule has 1 aromatic carbocycles. The van der Waals surface area contributed by atoms with Crippen LogP contribution in [0, 0.1) is 0 Å². The standard InChI is InChI=1S/C13H12Br2N2OS/c14-11-5-10(19-12(11)15)7-17-6-8-2-1-3-9(4-8)13(16)18/h1-5,17H,6-7H2,(H2,16,18). The number of primary amides is 1. The zero-order valence-corrected chi connectivity index (χ0v) is 13.9. The molecule has 19 heavy (non-hydrogen) atoms. The molecule has 0 unspecified atom stereocenters. The largest absolute Gasteiger partial charge is 0.366 e. The molecule has 0 fully saturated rings. The van der Waals surface area contributed by atoms with E-state index in [1.165, 1.54) is 4.88 Å². The van der Waals surface area contributed by atoms with Crippen LogP contribution in [0.5, 0.6) is 0 Å². The second-order valence-corrected chi connectivity index (χ2v) is 7.31. The maximum atomic E-state index is 11.1. The molecule has 0 aliphatic carbocycles. The Bertz CT molecular complexity index is 579. The molecule has 0 radical (unpaired) electrons. The molecule has 6 heteroatoms. The highest BCUT2D eigenvalue weighted by Gasteiger charge is 2.04. The van der Waals surface area contributed by atoms with E-state index in [1.807, 2.05) is 18.2 Å². The molecule has 1 amide bonds. The Morgan fingerprint density at radius 1 is 1.26 bits per heavy atom. The van der Waals surface area contributed by atoms with Crippen LogP contribution in [0.3, 0.4) is 0 Å². The minimum absolute atomic E-state index is 0.395. The van der Waals surface area contributed by atoms with Gasteiger partial charge in [0.25, 0.3) is 0 Å². The second kappa shape index (κ2) is 6.65. The molecule has 2 rings (SSSR count). The number of carbonyl (C=O) groups excluding carboxylic acids is 1. The van der Waals surface area contributed by atoms with Crippen LogP contribution in [0.1, 0.15) is 20.8 Å². The highest BCUT2D eigenvalue weighted by molar-refractivity contribution is 9.13.